The van der Waals surface area contributed by atoms with Gasteiger partial charge in [0.05, 0.1) is 4.91 Å². The zero-order valence-corrected chi connectivity index (χ0v) is 16.6. The van der Waals surface area contributed by atoms with Gasteiger partial charge < -0.3 is 0 Å². The van der Waals surface area contributed by atoms with Crippen molar-refractivity contribution in [2.45, 2.75) is 34.6 Å². The number of pyridine rings is 1. The highest BCUT2D eigenvalue weighted by atomic mass is 32.2. The number of hydrogen-bond acceptors (Lipinski definition) is 4. The molecule has 0 spiro atoms. The summed E-state index contributed by atoms with van der Waals surface area (Å²) in [5, 5.41) is 0.689. The van der Waals surface area contributed by atoms with Gasteiger partial charge >= 0.3 is 0 Å². The molecule has 1 aromatic carbocycles. The minimum absolute atomic E-state index is 0.0135. The van der Waals surface area contributed by atoms with Crippen LogP contribution in [0.4, 0.5) is 5.82 Å². The number of aryl methyl sites for hydroxylation is 3. The molecule has 0 radical (unpaired) electrons. The molecule has 0 saturated carbocycles. The maximum atomic E-state index is 12.9. The SMILES string of the molecule is CCN1C(=O)/C(=C(\C)c2ccc(C)c(C)c2)S/C1=N/c1cccc(C)n1. The number of aliphatic imine (C=N–C) groups is 1. The number of carbonyl (C=O) groups excluding carboxylic acids is 1. The molecule has 2 heterocycles. The van der Waals surface area contributed by atoms with E-state index in [2.05, 4.69) is 42.0 Å². The van der Waals surface area contributed by atoms with Crippen LogP contribution < -0.4 is 0 Å². The summed E-state index contributed by atoms with van der Waals surface area (Å²) in [5.41, 5.74) is 5.45. The van der Waals surface area contributed by atoms with Crippen LogP contribution in [0.2, 0.25) is 0 Å². The average Bonchev–Trinajstić information content (AvgIpc) is 2.92. The average molecular weight is 366 g/mol. The number of rotatable bonds is 3. The lowest BCUT2D eigenvalue weighted by atomic mass is 10.0. The number of carbonyl (C=O) groups is 1. The molecule has 0 aliphatic carbocycles. The molecule has 1 amide bonds. The number of hydrogen-bond donors (Lipinski definition) is 0. The lowest BCUT2D eigenvalue weighted by Crippen LogP contribution is -2.28. The molecule has 0 atom stereocenters. The smallest absolute Gasteiger partial charge is 0.267 e. The van der Waals surface area contributed by atoms with Crippen LogP contribution in [0.3, 0.4) is 0 Å². The van der Waals surface area contributed by atoms with Gasteiger partial charge in [-0.05, 0) is 80.8 Å². The number of amidine groups is 1. The van der Waals surface area contributed by atoms with Crippen LogP contribution >= 0.6 is 11.8 Å². The van der Waals surface area contributed by atoms with Gasteiger partial charge in [0.1, 0.15) is 0 Å². The van der Waals surface area contributed by atoms with Crippen molar-refractivity contribution in [2.75, 3.05) is 6.54 Å². The minimum Gasteiger partial charge on any atom is -0.287 e. The summed E-state index contributed by atoms with van der Waals surface area (Å²) in [6, 6.07) is 12.0. The molecule has 1 aromatic heterocycles. The standard InChI is InChI=1S/C21H23N3OS/c1-6-24-20(25)19(16(5)17-11-10-13(2)14(3)12-17)26-21(24)23-18-9-7-8-15(4)22-18/h7-12H,6H2,1-5H3/b19-16-,23-21+. The van der Waals surface area contributed by atoms with Crippen molar-refractivity contribution in [1.82, 2.24) is 9.88 Å². The highest BCUT2D eigenvalue weighted by Crippen LogP contribution is 2.37. The van der Waals surface area contributed by atoms with Crippen LogP contribution in [0.25, 0.3) is 5.57 Å². The molecule has 2 aromatic rings. The van der Waals surface area contributed by atoms with Crippen LogP contribution in [0, 0.1) is 20.8 Å². The third-order valence-corrected chi connectivity index (χ3v) is 5.72. The third kappa shape index (κ3) is 3.58. The first-order valence-electron chi connectivity index (χ1n) is 8.71. The van der Waals surface area contributed by atoms with E-state index in [1.54, 1.807) is 4.90 Å². The van der Waals surface area contributed by atoms with Gasteiger partial charge in [0, 0.05) is 12.2 Å². The highest BCUT2D eigenvalue weighted by Gasteiger charge is 2.34. The van der Waals surface area contributed by atoms with Gasteiger partial charge in [0.2, 0.25) is 0 Å². The Hall–Kier alpha value is -2.40. The summed E-state index contributed by atoms with van der Waals surface area (Å²) >= 11 is 1.43. The van der Waals surface area contributed by atoms with Gasteiger partial charge in [0.15, 0.2) is 11.0 Å². The van der Waals surface area contributed by atoms with Crippen molar-refractivity contribution < 1.29 is 4.79 Å². The quantitative estimate of drug-likeness (QED) is 0.717. The Labute approximate surface area is 159 Å². The predicted octanol–water partition coefficient (Wildman–Crippen LogP) is 5.02. The Morgan fingerprint density at radius 1 is 1.15 bits per heavy atom. The summed E-state index contributed by atoms with van der Waals surface area (Å²) in [5.74, 6) is 0.642. The molecule has 1 aliphatic heterocycles. The van der Waals surface area contributed by atoms with Crippen molar-refractivity contribution in [2.24, 2.45) is 4.99 Å². The first-order valence-corrected chi connectivity index (χ1v) is 9.53. The van der Waals surface area contributed by atoms with E-state index in [-0.39, 0.29) is 5.91 Å². The zero-order chi connectivity index (χ0) is 18.8. The molecule has 0 unspecified atom stereocenters. The molecule has 0 N–H and O–H groups in total. The maximum absolute atomic E-state index is 12.9. The first kappa shape index (κ1) is 18.4. The number of allylic oxidation sites excluding steroid dienone is 1. The van der Waals surface area contributed by atoms with E-state index in [0.717, 1.165) is 21.7 Å². The molecule has 1 aliphatic rings. The first-order chi connectivity index (χ1) is 12.4. The van der Waals surface area contributed by atoms with Crippen LogP contribution in [-0.2, 0) is 4.79 Å². The lowest BCUT2D eigenvalue weighted by molar-refractivity contribution is -0.122. The largest absolute Gasteiger partial charge is 0.287 e. The van der Waals surface area contributed by atoms with Crippen molar-refractivity contribution >= 4 is 34.2 Å². The summed E-state index contributed by atoms with van der Waals surface area (Å²) < 4.78 is 0. The van der Waals surface area contributed by atoms with Gasteiger partial charge in [-0.3, -0.25) is 9.69 Å². The molecule has 3 rings (SSSR count). The van der Waals surface area contributed by atoms with Gasteiger partial charge in [-0.1, -0.05) is 24.3 Å². The Morgan fingerprint density at radius 3 is 2.58 bits per heavy atom. The topological polar surface area (TPSA) is 45.6 Å². The van der Waals surface area contributed by atoms with E-state index >= 15 is 0 Å². The summed E-state index contributed by atoms with van der Waals surface area (Å²) in [6.07, 6.45) is 0. The van der Waals surface area contributed by atoms with Crippen molar-refractivity contribution in [3.8, 4) is 0 Å². The second kappa shape index (κ2) is 7.46. The summed E-state index contributed by atoms with van der Waals surface area (Å²) in [4.78, 5) is 24.4. The lowest BCUT2D eigenvalue weighted by Gasteiger charge is -2.12. The maximum Gasteiger partial charge on any atom is 0.267 e. The van der Waals surface area contributed by atoms with Crippen LogP contribution in [0.15, 0.2) is 46.3 Å². The van der Waals surface area contributed by atoms with Crippen LogP contribution in [0.1, 0.15) is 36.2 Å². The number of thioether (sulfide) groups is 1. The van der Waals surface area contributed by atoms with Crippen molar-refractivity contribution in [3.63, 3.8) is 0 Å². The van der Waals surface area contributed by atoms with Gasteiger partial charge in [-0.25, -0.2) is 9.98 Å². The second-order valence-electron chi connectivity index (χ2n) is 6.44. The second-order valence-corrected chi connectivity index (χ2v) is 7.41. The van der Waals surface area contributed by atoms with E-state index in [4.69, 9.17) is 0 Å². The van der Waals surface area contributed by atoms with Crippen LogP contribution in [-0.4, -0.2) is 27.5 Å². The fraction of sp³-hybridized carbons (Fsp3) is 0.286. The third-order valence-electron chi connectivity index (χ3n) is 4.54. The Morgan fingerprint density at radius 2 is 1.92 bits per heavy atom. The van der Waals surface area contributed by atoms with E-state index in [0.29, 0.717) is 17.5 Å². The fourth-order valence-corrected chi connectivity index (χ4v) is 3.91. The van der Waals surface area contributed by atoms with Crippen LogP contribution in [0.5, 0.6) is 0 Å². The molecule has 26 heavy (non-hydrogen) atoms. The molecular weight excluding hydrogens is 342 g/mol. The molecular formula is C21H23N3OS. The predicted molar refractivity (Wildman–Crippen MR) is 110 cm³/mol. The van der Waals surface area contributed by atoms with Gasteiger partial charge in [0.25, 0.3) is 5.91 Å². The number of amides is 1. The molecule has 1 fully saturated rings. The normalized spacial score (nSPS) is 18.0. The van der Waals surface area contributed by atoms with Gasteiger partial charge in [-0.2, -0.15) is 0 Å². The highest BCUT2D eigenvalue weighted by molar-refractivity contribution is 8.18. The molecule has 5 heteroatoms. The number of aromatic nitrogens is 1. The Kier molecular flexibility index (Phi) is 5.28. The fourth-order valence-electron chi connectivity index (χ4n) is 2.79. The minimum atomic E-state index is 0.0135. The van der Waals surface area contributed by atoms with Gasteiger partial charge in [-0.15, -0.1) is 0 Å². The number of likely N-dealkylation sites (N-methyl/N-ethyl adjacent to an activating group) is 1. The van der Waals surface area contributed by atoms with Crippen molar-refractivity contribution in [3.05, 3.63) is 63.7 Å². The summed E-state index contributed by atoms with van der Waals surface area (Å²) in [7, 11) is 0. The van der Waals surface area contributed by atoms with E-state index in [9.17, 15) is 4.79 Å². The van der Waals surface area contributed by atoms with E-state index < -0.39 is 0 Å². The molecule has 0 bridgehead atoms. The van der Waals surface area contributed by atoms with E-state index in [1.807, 2.05) is 39.0 Å². The van der Waals surface area contributed by atoms with E-state index in [1.165, 1.54) is 22.9 Å². The monoisotopic (exact) mass is 365 g/mol. The molecule has 134 valence electrons. The number of benzene rings is 1. The number of nitrogens with zero attached hydrogens (tertiary/aromatic N) is 3. The summed E-state index contributed by atoms with van der Waals surface area (Å²) in [6.45, 7) is 10.7. The van der Waals surface area contributed by atoms with Crippen molar-refractivity contribution in [1.29, 1.82) is 0 Å². The molecule has 4 nitrogen and oxygen atoms in total. The Bertz CT molecular complexity index is 931. The zero-order valence-electron chi connectivity index (χ0n) is 15.8. The molecule has 1 saturated heterocycles. The Balaban J connectivity index is 2.02.